The van der Waals surface area contributed by atoms with Crippen molar-refractivity contribution in [3.63, 3.8) is 0 Å². The number of aliphatic hydroxyl groups is 2. The van der Waals surface area contributed by atoms with Gasteiger partial charge in [-0.3, -0.25) is 38.4 Å². The Labute approximate surface area is 262 Å². The highest BCUT2D eigenvalue weighted by Crippen LogP contribution is 2.00. The molecule has 46 heavy (non-hydrogen) atoms. The van der Waals surface area contributed by atoms with Crippen molar-refractivity contribution in [2.24, 2.45) is 22.9 Å². The van der Waals surface area contributed by atoms with E-state index in [-0.39, 0.29) is 25.8 Å². The van der Waals surface area contributed by atoms with Crippen molar-refractivity contribution in [1.82, 2.24) is 31.9 Å². The molecule has 0 heterocycles. The van der Waals surface area contributed by atoms with E-state index in [1.165, 1.54) is 0 Å². The molecule has 22 nitrogen and oxygen atoms in total. The molecule has 0 spiro atoms. The van der Waals surface area contributed by atoms with E-state index in [1.807, 2.05) is 10.6 Å². The molecule has 22 heteroatoms. The van der Waals surface area contributed by atoms with Crippen LogP contribution in [0.1, 0.15) is 32.1 Å². The second kappa shape index (κ2) is 21.7. The van der Waals surface area contributed by atoms with Crippen LogP contribution in [-0.4, -0.2) is 132 Å². The number of amides is 8. The van der Waals surface area contributed by atoms with Crippen LogP contribution in [0.5, 0.6) is 0 Å². The van der Waals surface area contributed by atoms with Gasteiger partial charge in [0.15, 0.2) is 0 Å². The Morgan fingerprint density at radius 2 is 1.13 bits per heavy atom. The van der Waals surface area contributed by atoms with E-state index in [2.05, 4.69) is 21.3 Å². The Balaban J connectivity index is 5.09. The van der Waals surface area contributed by atoms with Gasteiger partial charge < -0.3 is 70.2 Å². The molecular weight excluding hydrogens is 620 g/mol. The first-order valence-corrected chi connectivity index (χ1v) is 13.8. The summed E-state index contributed by atoms with van der Waals surface area (Å²) in [6, 6.07) is -7.40. The topological polar surface area (TPSA) is 391 Å². The molecule has 0 aliphatic carbocycles. The first kappa shape index (κ1) is 41.1. The highest BCUT2D eigenvalue weighted by Gasteiger charge is 2.29. The summed E-state index contributed by atoms with van der Waals surface area (Å²) in [5, 5.41) is 40.7. The molecule has 0 aromatic heterocycles. The number of nitrogens with two attached hydrogens (primary N) is 4. The highest BCUT2D eigenvalue weighted by molar-refractivity contribution is 5.96. The molecular formula is C24H42N10O12. The Kier molecular flexibility index (Phi) is 19.4. The van der Waals surface area contributed by atoms with E-state index < -0.39 is 116 Å². The molecule has 0 fully saturated rings. The minimum atomic E-state index is -1.73. The molecule has 5 unspecified atom stereocenters. The summed E-state index contributed by atoms with van der Waals surface area (Å²) >= 11 is 0. The van der Waals surface area contributed by atoms with Crippen LogP contribution in [0.2, 0.25) is 0 Å². The van der Waals surface area contributed by atoms with Gasteiger partial charge in [0.1, 0.15) is 24.2 Å². The quantitative estimate of drug-likeness (QED) is 0.0483. The van der Waals surface area contributed by atoms with E-state index in [9.17, 15) is 53.4 Å². The zero-order valence-electron chi connectivity index (χ0n) is 24.8. The van der Waals surface area contributed by atoms with Crippen molar-refractivity contribution in [2.75, 3.05) is 32.8 Å². The predicted octanol–water partition coefficient (Wildman–Crippen LogP) is -8.57. The number of nitrogens with one attached hydrogen (secondary N) is 6. The number of carbonyl (C=O) groups excluding carboxylic acids is 8. The van der Waals surface area contributed by atoms with Crippen LogP contribution in [0.15, 0.2) is 0 Å². The smallest absolute Gasteiger partial charge is 0.326 e. The number of rotatable bonds is 23. The molecule has 0 radical (unpaired) electrons. The summed E-state index contributed by atoms with van der Waals surface area (Å²) in [6.07, 6.45) is -0.831. The predicted molar refractivity (Wildman–Crippen MR) is 154 cm³/mol. The third kappa shape index (κ3) is 16.8. The third-order valence-electron chi connectivity index (χ3n) is 5.91. The average molecular weight is 663 g/mol. The number of carboxylic acids is 1. The number of carboxylic acid groups (broad SMARTS) is 1. The van der Waals surface area contributed by atoms with Crippen LogP contribution in [0.3, 0.4) is 0 Å². The molecule has 17 N–H and O–H groups in total. The van der Waals surface area contributed by atoms with Gasteiger partial charge in [-0.2, -0.15) is 0 Å². The van der Waals surface area contributed by atoms with Crippen LogP contribution in [0, 0.1) is 0 Å². The van der Waals surface area contributed by atoms with E-state index in [1.54, 1.807) is 0 Å². The zero-order valence-corrected chi connectivity index (χ0v) is 24.8. The standard InChI is InChI=1S/C24H42N10O12/c25-5-1-2-11(26)20(41)34-15(10-36)23(44)32-12(3-4-16(27)37)21(42)30-7-18(39)29-8-19(40)31-14(9-35)22(43)33-13(24(45)46)6-17(28)38/h11-15,35-36H,1-10,25-26H2,(H2,27,37)(H2,28,38)(H,29,39)(H,30,42)(H,31,40)(H,32,44)(H,33,43)(H,34,41)(H,45,46). The Hall–Kier alpha value is -4.93. The number of hydrogen-bond acceptors (Lipinski definition) is 13. The van der Waals surface area contributed by atoms with Gasteiger partial charge in [-0.1, -0.05) is 0 Å². The Bertz CT molecular complexity index is 1120. The minimum Gasteiger partial charge on any atom is -0.480 e. The van der Waals surface area contributed by atoms with Crippen LogP contribution in [0.25, 0.3) is 0 Å². The van der Waals surface area contributed by atoms with Gasteiger partial charge >= 0.3 is 5.97 Å². The lowest BCUT2D eigenvalue weighted by Crippen LogP contribution is -2.57. The van der Waals surface area contributed by atoms with Crippen LogP contribution >= 0.6 is 0 Å². The van der Waals surface area contributed by atoms with Crippen molar-refractivity contribution in [2.45, 2.75) is 62.3 Å². The fourth-order valence-electron chi connectivity index (χ4n) is 3.41. The molecule has 0 saturated heterocycles. The second-order valence-corrected chi connectivity index (χ2v) is 9.71. The van der Waals surface area contributed by atoms with E-state index >= 15 is 0 Å². The van der Waals surface area contributed by atoms with Gasteiger partial charge in [0.25, 0.3) is 0 Å². The molecule has 0 aromatic rings. The molecule has 0 aliphatic rings. The number of hydrogen-bond donors (Lipinski definition) is 13. The van der Waals surface area contributed by atoms with Gasteiger partial charge in [0.2, 0.25) is 47.3 Å². The molecule has 0 saturated carbocycles. The lowest BCUT2D eigenvalue weighted by molar-refractivity contribution is -0.144. The second-order valence-electron chi connectivity index (χ2n) is 9.71. The maximum Gasteiger partial charge on any atom is 0.326 e. The lowest BCUT2D eigenvalue weighted by Gasteiger charge is -2.23. The summed E-state index contributed by atoms with van der Waals surface area (Å²) in [4.78, 5) is 107. The minimum absolute atomic E-state index is 0.207. The van der Waals surface area contributed by atoms with Crippen molar-refractivity contribution in [3.05, 3.63) is 0 Å². The number of primary amides is 2. The van der Waals surface area contributed by atoms with Gasteiger partial charge in [-0.05, 0) is 25.8 Å². The van der Waals surface area contributed by atoms with Gasteiger partial charge in [-0.25, -0.2) is 4.79 Å². The molecule has 8 amide bonds. The molecule has 0 aliphatic heterocycles. The average Bonchev–Trinajstić information content (AvgIpc) is 2.99. The van der Waals surface area contributed by atoms with Gasteiger partial charge in [0.05, 0.1) is 38.8 Å². The largest absolute Gasteiger partial charge is 0.480 e. The highest BCUT2D eigenvalue weighted by atomic mass is 16.4. The Morgan fingerprint density at radius 3 is 1.63 bits per heavy atom. The fourth-order valence-corrected chi connectivity index (χ4v) is 3.41. The number of aliphatic hydroxyl groups excluding tert-OH is 2. The SMILES string of the molecule is NCCCC(N)C(=O)NC(CO)C(=O)NC(CCC(N)=O)C(=O)NCC(=O)NCC(=O)NC(CO)C(=O)NC(CC(N)=O)C(=O)O. The Morgan fingerprint density at radius 1 is 0.609 bits per heavy atom. The maximum absolute atomic E-state index is 12.7. The molecule has 5 atom stereocenters. The normalized spacial score (nSPS) is 13.8. The molecule has 260 valence electrons. The summed E-state index contributed by atoms with van der Waals surface area (Å²) < 4.78 is 0. The van der Waals surface area contributed by atoms with Crippen molar-refractivity contribution < 1.29 is 58.5 Å². The van der Waals surface area contributed by atoms with E-state index in [0.29, 0.717) is 6.42 Å². The number of aliphatic carboxylic acids is 1. The van der Waals surface area contributed by atoms with Crippen molar-refractivity contribution in [3.8, 4) is 0 Å². The summed E-state index contributed by atoms with van der Waals surface area (Å²) in [7, 11) is 0. The van der Waals surface area contributed by atoms with Crippen LogP contribution < -0.4 is 54.8 Å². The lowest BCUT2D eigenvalue weighted by atomic mass is 10.1. The number of carbonyl (C=O) groups is 9. The maximum atomic E-state index is 12.7. The first-order chi connectivity index (χ1) is 21.6. The van der Waals surface area contributed by atoms with Gasteiger partial charge in [-0.15, -0.1) is 0 Å². The van der Waals surface area contributed by atoms with E-state index in [0.717, 1.165) is 0 Å². The summed E-state index contributed by atoms with van der Waals surface area (Å²) in [6.45, 7) is -3.10. The molecule has 0 bridgehead atoms. The molecule has 0 aromatic carbocycles. The monoisotopic (exact) mass is 662 g/mol. The van der Waals surface area contributed by atoms with Crippen molar-refractivity contribution >= 4 is 53.2 Å². The summed E-state index contributed by atoms with van der Waals surface area (Å²) in [5.74, 6) is -9.32. The van der Waals surface area contributed by atoms with E-state index in [4.69, 9.17) is 28.0 Å². The van der Waals surface area contributed by atoms with Gasteiger partial charge in [0, 0.05) is 6.42 Å². The fraction of sp³-hybridized carbons (Fsp3) is 0.625. The zero-order chi connectivity index (χ0) is 35.4. The van der Waals surface area contributed by atoms with Crippen molar-refractivity contribution in [1.29, 1.82) is 0 Å². The molecule has 0 rings (SSSR count). The van der Waals surface area contributed by atoms with Crippen LogP contribution in [0.4, 0.5) is 0 Å². The first-order valence-electron chi connectivity index (χ1n) is 13.8. The third-order valence-corrected chi connectivity index (χ3v) is 5.91. The van der Waals surface area contributed by atoms with Crippen LogP contribution in [-0.2, 0) is 43.2 Å². The summed E-state index contributed by atoms with van der Waals surface area (Å²) in [5.41, 5.74) is 21.1.